The van der Waals surface area contributed by atoms with Crippen molar-refractivity contribution in [2.24, 2.45) is 0 Å². The summed E-state index contributed by atoms with van der Waals surface area (Å²) in [4.78, 5) is 12.4. The molecule has 1 aromatic carbocycles. The summed E-state index contributed by atoms with van der Waals surface area (Å²) in [5.74, 6) is 3.15. The summed E-state index contributed by atoms with van der Waals surface area (Å²) in [6.07, 6.45) is 1.79. The van der Waals surface area contributed by atoms with E-state index in [-0.39, 0.29) is 17.9 Å². The molecule has 2 atom stereocenters. The van der Waals surface area contributed by atoms with E-state index in [1.54, 1.807) is 0 Å². The third-order valence-corrected chi connectivity index (χ3v) is 4.50. The fourth-order valence-electron chi connectivity index (χ4n) is 2.43. The Bertz CT molecular complexity index is 450. The maximum absolute atomic E-state index is 12.4. The van der Waals surface area contributed by atoms with E-state index in [2.05, 4.69) is 19.2 Å². The first-order valence-electron chi connectivity index (χ1n) is 7.32. The molecular weight excluding hydrogens is 270 g/mol. The van der Waals surface area contributed by atoms with E-state index < -0.39 is 0 Å². The average molecular weight is 293 g/mol. The second-order valence-corrected chi connectivity index (χ2v) is 6.52. The number of para-hydroxylation sites is 1. The van der Waals surface area contributed by atoms with Crippen LogP contribution in [0.3, 0.4) is 0 Å². The van der Waals surface area contributed by atoms with Gasteiger partial charge >= 0.3 is 0 Å². The lowest BCUT2D eigenvalue weighted by molar-refractivity contribution is -0.123. The first-order chi connectivity index (χ1) is 9.72. The van der Waals surface area contributed by atoms with Crippen LogP contribution in [0.1, 0.15) is 38.2 Å². The van der Waals surface area contributed by atoms with Gasteiger partial charge in [-0.2, -0.15) is 11.8 Å². The highest BCUT2D eigenvalue weighted by atomic mass is 32.2. The molecule has 0 aromatic heterocycles. The summed E-state index contributed by atoms with van der Waals surface area (Å²) < 4.78 is 5.60. The van der Waals surface area contributed by atoms with Gasteiger partial charge < -0.3 is 10.1 Å². The first kappa shape index (κ1) is 15.2. The van der Waals surface area contributed by atoms with E-state index in [1.807, 2.05) is 36.0 Å². The minimum Gasteiger partial charge on any atom is -0.493 e. The lowest BCUT2D eigenvalue weighted by Gasteiger charge is -2.26. The molecule has 4 heteroatoms. The lowest BCUT2D eigenvalue weighted by atomic mass is 9.92. The molecule has 3 nitrogen and oxygen atoms in total. The molecule has 0 fully saturated rings. The summed E-state index contributed by atoms with van der Waals surface area (Å²) >= 11 is 1.92. The van der Waals surface area contributed by atoms with Gasteiger partial charge in [-0.3, -0.25) is 4.79 Å². The molecule has 1 aromatic rings. The number of hydrogen-bond acceptors (Lipinski definition) is 3. The van der Waals surface area contributed by atoms with Crippen LogP contribution in [0.4, 0.5) is 0 Å². The van der Waals surface area contributed by atoms with Crippen molar-refractivity contribution in [3.05, 3.63) is 29.8 Å². The predicted octanol–water partition coefficient (Wildman–Crippen LogP) is 3.20. The van der Waals surface area contributed by atoms with Gasteiger partial charge in [-0.05, 0) is 37.3 Å². The SMILES string of the molecule is CCSCC[C@H](C)NC(=O)[C@H]1CCOc2ccccc21. The molecule has 0 bridgehead atoms. The molecule has 1 aliphatic heterocycles. The number of benzene rings is 1. The van der Waals surface area contributed by atoms with Crippen LogP contribution >= 0.6 is 11.8 Å². The zero-order valence-electron chi connectivity index (χ0n) is 12.2. The molecule has 0 saturated heterocycles. The maximum Gasteiger partial charge on any atom is 0.228 e. The molecule has 20 heavy (non-hydrogen) atoms. The van der Waals surface area contributed by atoms with Gasteiger partial charge in [0.15, 0.2) is 0 Å². The van der Waals surface area contributed by atoms with Gasteiger partial charge in [0.1, 0.15) is 5.75 Å². The highest BCUT2D eigenvalue weighted by Crippen LogP contribution is 2.33. The highest BCUT2D eigenvalue weighted by molar-refractivity contribution is 7.99. The number of fused-ring (bicyclic) bond motifs is 1. The van der Waals surface area contributed by atoms with E-state index in [0.29, 0.717) is 6.61 Å². The van der Waals surface area contributed by atoms with E-state index in [9.17, 15) is 4.79 Å². The molecule has 0 radical (unpaired) electrons. The molecule has 0 unspecified atom stereocenters. The van der Waals surface area contributed by atoms with Crippen molar-refractivity contribution in [1.29, 1.82) is 0 Å². The zero-order valence-corrected chi connectivity index (χ0v) is 13.0. The van der Waals surface area contributed by atoms with Crippen molar-refractivity contribution in [3.63, 3.8) is 0 Å². The standard InChI is InChI=1S/C16H23NO2S/c1-3-20-11-9-12(2)17-16(18)14-8-10-19-15-7-5-4-6-13(14)15/h4-7,12,14H,3,8-11H2,1-2H3,(H,17,18)/t12-,14-/m0/s1. The van der Waals surface area contributed by atoms with Crippen molar-refractivity contribution in [2.45, 2.75) is 38.6 Å². The highest BCUT2D eigenvalue weighted by Gasteiger charge is 2.27. The quantitative estimate of drug-likeness (QED) is 0.819. The van der Waals surface area contributed by atoms with Crippen molar-refractivity contribution in [1.82, 2.24) is 5.32 Å². The fourth-order valence-corrected chi connectivity index (χ4v) is 3.24. The number of thioether (sulfide) groups is 1. The Balaban J connectivity index is 1.93. The zero-order chi connectivity index (χ0) is 14.4. The summed E-state index contributed by atoms with van der Waals surface area (Å²) in [7, 11) is 0. The van der Waals surface area contributed by atoms with E-state index in [0.717, 1.165) is 35.7 Å². The molecule has 0 saturated carbocycles. The predicted molar refractivity (Wildman–Crippen MR) is 84.5 cm³/mol. The van der Waals surface area contributed by atoms with Crippen molar-refractivity contribution in [2.75, 3.05) is 18.1 Å². The Kier molecular flexibility index (Phi) is 5.77. The van der Waals surface area contributed by atoms with Crippen LogP contribution in [-0.4, -0.2) is 30.1 Å². The minimum atomic E-state index is -0.0683. The van der Waals surface area contributed by atoms with Crippen molar-refractivity contribution >= 4 is 17.7 Å². The topological polar surface area (TPSA) is 38.3 Å². The van der Waals surface area contributed by atoms with Gasteiger partial charge in [-0.15, -0.1) is 0 Å². The molecule has 0 spiro atoms. The molecule has 1 heterocycles. The van der Waals surface area contributed by atoms with Gasteiger partial charge in [-0.1, -0.05) is 25.1 Å². The summed E-state index contributed by atoms with van der Waals surface area (Å²) in [5.41, 5.74) is 1.02. The van der Waals surface area contributed by atoms with Crippen LogP contribution in [0.5, 0.6) is 5.75 Å². The average Bonchev–Trinajstić information content (AvgIpc) is 2.47. The van der Waals surface area contributed by atoms with Crippen LogP contribution in [0, 0.1) is 0 Å². The van der Waals surface area contributed by atoms with Gasteiger partial charge in [0.2, 0.25) is 5.91 Å². The van der Waals surface area contributed by atoms with E-state index in [4.69, 9.17) is 4.74 Å². The smallest absolute Gasteiger partial charge is 0.228 e. The number of nitrogens with one attached hydrogen (secondary N) is 1. The molecule has 1 N–H and O–H groups in total. The Morgan fingerprint density at radius 1 is 1.50 bits per heavy atom. The van der Waals surface area contributed by atoms with Crippen LogP contribution in [0.25, 0.3) is 0 Å². The van der Waals surface area contributed by atoms with Crippen LogP contribution < -0.4 is 10.1 Å². The second-order valence-electron chi connectivity index (χ2n) is 5.12. The van der Waals surface area contributed by atoms with Gasteiger partial charge in [0.05, 0.1) is 12.5 Å². The normalized spacial score (nSPS) is 18.8. The van der Waals surface area contributed by atoms with E-state index in [1.165, 1.54) is 0 Å². The Hall–Kier alpha value is -1.16. The van der Waals surface area contributed by atoms with Gasteiger partial charge in [0, 0.05) is 11.6 Å². The number of amides is 1. The number of hydrogen-bond donors (Lipinski definition) is 1. The largest absolute Gasteiger partial charge is 0.493 e. The molecule has 2 rings (SSSR count). The second kappa shape index (κ2) is 7.58. The molecule has 1 aliphatic rings. The van der Waals surface area contributed by atoms with Crippen molar-refractivity contribution in [3.8, 4) is 5.75 Å². The van der Waals surface area contributed by atoms with Gasteiger partial charge in [-0.25, -0.2) is 0 Å². The molecule has 110 valence electrons. The monoisotopic (exact) mass is 293 g/mol. The molecular formula is C16H23NO2S. The Morgan fingerprint density at radius 3 is 3.10 bits per heavy atom. The minimum absolute atomic E-state index is 0.0683. The van der Waals surface area contributed by atoms with E-state index >= 15 is 0 Å². The van der Waals surface area contributed by atoms with Crippen LogP contribution in [0.2, 0.25) is 0 Å². The number of carbonyl (C=O) groups is 1. The third-order valence-electron chi connectivity index (χ3n) is 3.56. The number of carbonyl (C=O) groups excluding carboxylic acids is 1. The third kappa shape index (κ3) is 3.92. The lowest BCUT2D eigenvalue weighted by Crippen LogP contribution is -2.38. The first-order valence-corrected chi connectivity index (χ1v) is 8.47. The van der Waals surface area contributed by atoms with Crippen molar-refractivity contribution < 1.29 is 9.53 Å². The summed E-state index contributed by atoms with van der Waals surface area (Å²) in [6, 6.07) is 8.09. The Labute approximate surface area is 125 Å². The number of rotatable bonds is 6. The summed E-state index contributed by atoms with van der Waals surface area (Å²) in [6.45, 7) is 4.86. The Morgan fingerprint density at radius 2 is 2.30 bits per heavy atom. The van der Waals surface area contributed by atoms with Crippen LogP contribution in [-0.2, 0) is 4.79 Å². The fraction of sp³-hybridized carbons (Fsp3) is 0.562. The molecule has 1 amide bonds. The number of ether oxygens (including phenoxy) is 1. The summed E-state index contributed by atoms with van der Waals surface area (Å²) in [5, 5.41) is 3.14. The van der Waals surface area contributed by atoms with Gasteiger partial charge in [0.25, 0.3) is 0 Å². The molecule has 0 aliphatic carbocycles. The van der Waals surface area contributed by atoms with Crippen LogP contribution in [0.15, 0.2) is 24.3 Å². The maximum atomic E-state index is 12.4.